The first kappa shape index (κ1) is 13.9. The van der Waals surface area contributed by atoms with Crippen molar-refractivity contribution in [1.29, 1.82) is 0 Å². The van der Waals surface area contributed by atoms with E-state index < -0.39 is 0 Å². The van der Waals surface area contributed by atoms with E-state index in [9.17, 15) is 0 Å². The van der Waals surface area contributed by atoms with Crippen molar-refractivity contribution in [2.75, 3.05) is 26.2 Å². The summed E-state index contributed by atoms with van der Waals surface area (Å²) in [6, 6.07) is 4.28. The number of nitrogens with zero attached hydrogens (tertiary/aromatic N) is 1. The van der Waals surface area contributed by atoms with Crippen LogP contribution in [0.3, 0.4) is 0 Å². The fourth-order valence-electron chi connectivity index (χ4n) is 2.59. The highest BCUT2D eigenvalue weighted by Gasteiger charge is 2.24. The van der Waals surface area contributed by atoms with Gasteiger partial charge in [-0.2, -0.15) is 0 Å². The first-order chi connectivity index (χ1) is 8.81. The molecule has 0 spiro atoms. The number of hydrogen-bond acceptors (Lipinski definition) is 3. The summed E-state index contributed by atoms with van der Waals surface area (Å²) in [7, 11) is 0. The Morgan fingerprint density at radius 3 is 2.72 bits per heavy atom. The molecule has 1 aliphatic rings. The van der Waals surface area contributed by atoms with E-state index in [1.54, 1.807) is 0 Å². The number of halogens is 1. The lowest BCUT2D eigenvalue weighted by Crippen LogP contribution is -2.45. The van der Waals surface area contributed by atoms with Gasteiger partial charge in [-0.15, -0.1) is 0 Å². The van der Waals surface area contributed by atoms with Crippen LogP contribution in [-0.4, -0.2) is 31.1 Å². The number of furan rings is 1. The number of hydrogen-bond donors (Lipinski definition) is 1. The molecule has 1 aromatic rings. The van der Waals surface area contributed by atoms with Gasteiger partial charge in [0.1, 0.15) is 5.76 Å². The van der Waals surface area contributed by atoms with E-state index in [1.165, 1.54) is 19.3 Å². The summed E-state index contributed by atoms with van der Waals surface area (Å²) in [6.07, 6.45) is 4.96. The zero-order valence-corrected chi connectivity index (χ0v) is 11.9. The second-order valence-electron chi connectivity index (χ2n) is 4.94. The summed E-state index contributed by atoms with van der Waals surface area (Å²) in [6.45, 7) is 6.56. The summed E-state index contributed by atoms with van der Waals surface area (Å²) < 4.78 is 5.63. The molecule has 0 unspecified atom stereocenters. The van der Waals surface area contributed by atoms with E-state index in [0.717, 1.165) is 38.4 Å². The van der Waals surface area contributed by atoms with Crippen LogP contribution in [0.4, 0.5) is 0 Å². The van der Waals surface area contributed by atoms with Gasteiger partial charge in [-0.1, -0.05) is 26.2 Å². The third kappa shape index (κ3) is 3.74. The first-order valence-electron chi connectivity index (χ1n) is 7.01. The number of unbranched alkanes of at least 4 members (excludes halogenated alkanes) is 2. The van der Waals surface area contributed by atoms with Crippen LogP contribution in [0.25, 0.3) is 0 Å². The summed E-state index contributed by atoms with van der Waals surface area (Å²) in [5.74, 6) is 1.03. The standard InChI is InChI=1S/C14H23ClN2O/c1-2-3-4-5-12(13-6-7-14(15)18-13)17-10-8-16-9-11-17/h6-7,12,16H,2-5,8-11H2,1H3/t12-/m0/s1. The second-order valence-corrected chi connectivity index (χ2v) is 5.31. The predicted octanol–water partition coefficient (Wildman–Crippen LogP) is 3.46. The molecule has 0 amide bonds. The maximum Gasteiger partial charge on any atom is 0.193 e. The maximum absolute atomic E-state index is 5.91. The van der Waals surface area contributed by atoms with E-state index in [2.05, 4.69) is 17.1 Å². The maximum atomic E-state index is 5.91. The highest BCUT2D eigenvalue weighted by molar-refractivity contribution is 6.28. The SMILES string of the molecule is CCCCC[C@@H](c1ccc(Cl)o1)N1CCNCC1. The Kier molecular flexibility index (Phi) is 5.54. The zero-order chi connectivity index (χ0) is 12.8. The molecule has 2 rings (SSSR count). The molecule has 102 valence electrons. The van der Waals surface area contributed by atoms with Crippen LogP contribution in [0.1, 0.15) is 44.4 Å². The fraction of sp³-hybridized carbons (Fsp3) is 0.714. The van der Waals surface area contributed by atoms with Crippen molar-refractivity contribution in [2.45, 2.75) is 38.6 Å². The average Bonchev–Trinajstić information content (AvgIpc) is 2.82. The summed E-state index contributed by atoms with van der Waals surface area (Å²) in [5, 5.41) is 3.90. The van der Waals surface area contributed by atoms with Crippen molar-refractivity contribution in [3.8, 4) is 0 Å². The van der Waals surface area contributed by atoms with Crippen LogP contribution in [-0.2, 0) is 0 Å². The molecule has 4 heteroatoms. The quantitative estimate of drug-likeness (QED) is 0.803. The van der Waals surface area contributed by atoms with Gasteiger partial charge in [0.25, 0.3) is 0 Å². The van der Waals surface area contributed by atoms with Gasteiger partial charge in [-0.25, -0.2) is 0 Å². The summed E-state index contributed by atoms with van der Waals surface area (Å²) >= 11 is 5.91. The van der Waals surface area contributed by atoms with Gasteiger partial charge < -0.3 is 9.73 Å². The molecule has 1 saturated heterocycles. The molecule has 1 aliphatic heterocycles. The largest absolute Gasteiger partial charge is 0.448 e. The zero-order valence-electron chi connectivity index (χ0n) is 11.1. The Labute approximate surface area is 114 Å². The van der Waals surface area contributed by atoms with Crippen LogP contribution in [0.5, 0.6) is 0 Å². The van der Waals surface area contributed by atoms with Gasteiger partial charge in [0.05, 0.1) is 6.04 Å². The van der Waals surface area contributed by atoms with Gasteiger partial charge in [0, 0.05) is 26.2 Å². The lowest BCUT2D eigenvalue weighted by atomic mass is 10.0. The highest BCUT2D eigenvalue weighted by Crippen LogP contribution is 2.29. The van der Waals surface area contributed by atoms with E-state index in [0.29, 0.717) is 11.3 Å². The second kappa shape index (κ2) is 7.17. The lowest BCUT2D eigenvalue weighted by Gasteiger charge is -2.33. The van der Waals surface area contributed by atoms with Gasteiger partial charge in [-0.3, -0.25) is 4.90 Å². The van der Waals surface area contributed by atoms with E-state index in [-0.39, 0.29) is 0 Å². The molecule has 18 heavy (non-hydrogen) atoms. The number of rotatable bonds is 6. The molecular weight excluding hydrogens is 248 g/mol. The minimum absolute atomic E-state index is 0.395. The number of piperazine rings is 1. The Balaban J connectivity index is 2.01. The molecule has 1 fully saturated rings. The van der Waals surface area contributed by atoms with Crippen molar-refractivity contribution in [3.05, 3.63) is 23.1 Å². The number of nitrogens with one attached hydrogen (secondary N) is 1. The van der Waals surface area contributed by atoms with E-state index >= 15 is 0 Å². The summed E-state index contributed by atoms with van der Waals surface area (Å²) in [5.41, 5.74) is 0. The Morgan fingerprint density at radius 2 is 2.11 bits per heavy atom. The van der Waals surface area contributed by atoms with Crippen LogP contribution in [0.2, 0.25) is 5.22 Å². The van der Waals surface area contributed by atoms with Crippen molar-refractivity contribution in [2.24, 2.45) is 0 Å². The van der Waals surface area contributed by atoms with Crippen LogP contribution < -0.4 is 5.32 Å². The molecule has 0 saturated carbocycles. The third-order valence-electron chi connectivity index (χ3n) is 3.60. The molecule has 1 N–H and O–H groups in total. The molecule has 0 bridgehead atoms. The van der Waals surface area contributed by atoms with Gasteiger partial charge in [-0.05, 0) is 30.2 Å². The molecular formula is C14H23ClN2O. The van der Waals surface area contributed by atoms with Crippen molar-refractivity contribution in [3.63, 3.8) is 0 Å². The summed E-state index contributed by atoms with van der Waals surface area (Å²) in [4.78, 5) is 2.52. The first-order valence-corrected chi connectivity index (χ1v) is 7.39. The Bertz CT molecular complexity index is 347. The van der Waals surface area contributed by atoms with E-state index in [1.807, 2.05) is 12.1 Å². The van der Waals surface area contributed by atoms with E-state index in [4.69, 9.17) is 16.0 Å². The Morgan fingerprint density at radius 1 is 1.33 bits per heavy atom. The smallest absolute Gasteiger partial charge is 0.193 e. The van der Waals surface area contributed by atoms with Crippen molar-refractivity contribution < 1.29 is 4.42 Å². The molecule has 0 aromatic carbocycles. The molecule has 3 nitrogen and oxygen atoms in total. The van der Waals surface area contributed by atoms with Gasteiger partial charge >= 0.3 is 0 Å². The van der Waals surface area contributed by atoms with Crippen LogP contribution in [0.15, 0.2) is 16.5 Å². The van der Waals surface area contributed by atoms with Crippen molar-refractivity contribution >= 4 is 11.6 Å². The molecule has 1 atom stereocenters. The fourth-order valence-corrected chi connectivity index (χ4v) is 2.75. The Hall–Kier alpha value is -0.510. The van der Waals surface area contributed by atoms with Gasteiger partial charge in [0.15, 0.2) is 5.22 Å². The van der Waals surface area contributed by atoms with Crippen LogP contribution >= 0.6 is 11.6 Å². The molecule has 1 aromatic heterocycles. The monoisotopic (exact) mass is 270 g/mol. The molecule has 0 aliphatic carbocycles. The predicted molar refractivity (Wildman–Crippen MR) is 75.0 cm³/mol. The van der Waals surface area contributed by atoms with Crippen LogP contribution in [0, 0.1) is 0 Å². The van der Waals surface area contributed by atoms with Crippen molar-refractivity contribution in [1.82, 2.24) is 10.2 Å². The highest BCUT2D eigenvalue weighted by atomic mass is 35.5. The minimum atomic E-state index is 0.395. The molecule has 0 radical (unpaired) electrons. The normalized spacial score (nSPS) is 19.0. The average molecular weight is 271 g/mol. The molecule has 2 heterocycles. The third-order valence-corrected chi connectivity index (χ3v) is 3.80. The topological polar surface area (TPSA) is 28.4 Å². The minimum Gasteiger partial charge on any atom is -0.448 e. The van der Waals surface area contributed by atoms with Gasteiger partial charge in [0.2, 0.25) is 0 Å². The lowest BCUT2D eigenvalue weighted by molar-refractivity contribution is 0.144.